The van der Waals surface area contributed by atoms with E-state index in [2.05, 4.69) is 17.1 Å². The van der Waals surface area contributed by atoms with E-state index in [0.717, 1.165) is 22.4 Å². The highest BCUT2D eigenvalue weighted by Gasteiger charge is 2.36. The van der Waals surface area contributed by atoms with Crippen LogP contribution in [-0.2, 0) is 9.53 Å². The van der Waals surface area contributed by atoms with E-state index >= 15 is 0 Å². The van der Waals surface area contributed by atoms with E-state index in [1.807, 2.05) is 66.7 Å². The molecular formula is C24H21NO3. The Hall–Kier alpha value is -3.53. The Bertz CT molecular complexity index is 996. The summed E-state index contributed by atoms with van der Waals surface area (Å²) in [5.74, 6) is -0.108. The molecular weight excluding hydrogens is 350 g/mol. The van der Waals surface area contributed by atoms with Crippen LogP contribution in [0.4, 0.5) is 5.69 Å². The number of fused-ring (bicyclic) bond motifs is 1. The fraction of sp³-hybridized carbons (Fsp3) is 0.125. The number of carbonyl (C=O) groups is 1. The molecule has 0 aromatic heterocycles. The Labute approximate surface area is 164 Å². The Balaban J connectivity index is 1.89. The van der Waals surface area contributed by atoms with Crippen LogP contribution in [0.5, 0.6) is 5.75 Å². The van der Waals surface area contributed by atoms with Crippen molar-refractivity contribution in [1.82, 2.24) is 0 Å². The van der Waals surface area contributed by atoms with Gasteiger partial charge >= 0.3 is 5.97 Å². The van der Waals surface area contributed by atoms with Gasteiger partial charge in [0, 0.05) is 5.69 Å². The average Bonchev–Trinajstić information content (AvgIpc) is 2.75. The number of phenols is 1. The number of hydrogen-bond donors (Lipinski definition) is 1. The first-order valence-electron chi connectivity index (χ1n) is 9.16. The minimum atomic E-state index is -0.601. The lowest BCUT2D eigenvalue weighted by Crippen LogP contribution is -2.38. The Morgan fingerprint density at radius 2 is 1.64 bits per heavy atom. The van der Waals surface area contributed by atoms with Crippen LogP contribution in [0.1, 0.15) is 28.8 Å². The first kappa shape index (κ1) is 17.9. The zero-order valence-corrected chi connectivity index (χ0v) is 15.5. The second-order valence-corrected chi connectivity index (χ2v) is 6.70. The van der Waals surface area contributed by atoms with Gasteiger partial charge in [-0.25, -0.2) is 4.79 Å². The molecule has 1 aliphatic heterocycles. The minimum Gasteiger partial charge on any atom is -0.508 e. The second kappa shape index (κ2) is 7.61. The Morgan fingerprint density at radius 3 is 2.36 bits per heavy atom. The summed E-state index contributed by atoms with van der Waals surface area (Å²) in [5, 5.41) is 9.69. The number of carbonyl (C=O) groups excluding carboxylic acids is 1. The summed E-state index contributed by atoms with van der Waals surface area (Å²) in [7, 11) is 1.42. The van der Waals surface area contributed by atoms with Gasteiger partial charge in [-0.05, 0) is 34.9 Å². The number of ether oxygens (including phenoxy) is 1. The molecule has 28 heavy (non-hydrogen) atoms. The van der Waals surface area contributed by atoms with Crippen LogP contribution in [0.25, 0.3) is 6.08 Å². The highest BCUT2D eigenvalue weighted by molar-refractivity contribution is 5.85. The minimum absolute atomic E-state index is 0.181. The molecule has 1 aliphatic rings. The number of para-hydroxylation sites is 1. The predicted molar refractivity (Wildman–Crippen MR) is 110 cm³/mol. The summed E-state index contributed by atoms with van der Waals surface area (Å²) in [6, 6.07) is 24.0. The van der Waals surface area contributed by atoms with Crippen LogP contribution >= 0.6 is 0 Å². The number of anilines is 1. The lowest BCUT2D eigenvalue weighted by Gasteiger charge is -2.40. The van der Waals surface area contributed by atoms with E-state index in [0.29, 0.717) is 0 Å². The fourth-order valence-corrected chi connectivity index (χ4v) is 3.70. The number of hydrogen-bond acceptors (Lipinski definition) is 4. The normalized spacial score (nSPS) is 16.3. The van der Waals surface area contributed by atoms with Gasteiger partial charge < -0.3 is 14.7 Å². The third kappa shape index (κ3) is 3.25. The molecule has 0 amide bonds. The summed E-state index contributed by atoms with van der Waals surface area (Å²) in [6.07, 6.45) is 4.15. The number of benzene rings is 3. The molecule has 4 nitrogen and oxygen atoms in total. The van der Waals surface area contributed by atoms with Gasteiger partial charge in [0.2, 0.25) is 0 Å². The lowest BCUT2D eigenvalue weighted by atomic mass is 9.93. The summed E-state index contributed by atoms with van der Waals surface area (Å²) in [4.78, 5) is 15.0. The van der Waals surface area contributed by atoms with Crippen molar-refractivity contribution in [2.24, 2.45) is 0 Å². The van der Waals surface area contributed by atoms with E-state index in [1.54, 1.807) is 12.1 Å². The molecule has 0 radical (unpaired) electrons. The van der Waals surface area contributed by atoms with Gasteiger partial charge in [0.1, 0.15) is 5.75 Å². The largest absolute Gasteiger partial charge is 0.508 e. The quantitative estimate of drug-likeness (QED) is 0.664. The van der Waals surface area contributed by atoms with E-state index in [9.17, 15) is 9.90 Å². The highest BCUT2D eigenvalue weighted by atomic mass is 16.5. The van der Waals surface area contributed by atoms with Crippen LogP contribution in [0, 0.1) is 0 Å². The van der Waals surface area contributed by atoms with E-state index in [-0.39, 0.29) is 17.8 Å². The van der Waals surface area contributed by atoms with Crippen molar-refractivity contribution in [3.63, 3.8) is 0 Å². The summed E-state index contributed by atoms with van der Waals surface area (Å²) < 4.78 is 5.19. The highest BCUT2D eigenvalue weighted by Crippen LogP contribution is 2.42. The number of nitrogens with zero attached hydrogens (tertiary/aromatic N) is 1. The summed E-state index contributed by atoms with van der Waals surface area (Å²) in [6.45, 7) is 0. The second-order valence-electron chi connectivity index (χ2n) is 6.70. The van der Waals surface area contributed by atoms with Crippen molar-refractivity contribution >= 4 is 17.7 Å². The van der Waals surface area contributed by atoms with E-state index in [1.165, 1.54) is 7.11 Å². The average molecular weight is 371 g/mol. The Morgan fingerprint density at radius 1 is 0.964 bits per heavy atom. The number of methoxy groups -OCH3 is 1. The van der Waals surface area contributed by atoms with Crippen LogP contribution in [0.2, 0.25) is 0 Å². The molecule has 0 spiro atoms. The molecule has 4 rings (SSSR count). The SMILES string of the molecule is COC(=O)[C@H](c1ccccc1)N1c2ccccc2C=C[C@@H]1c1ccc(O)cc1. The molecule has 140 valence electrons. The van der Waals surface area contributed by atoms with E-state index < -0.39 is 6.04 Å². The maximum atomic E-state index is 12.9. The summed E-state index contributed by atoms with van der Waals surface area (Å²) >= 11 is 0. The molecule has 0 unspecified atom stereocenters. The maximum Gasteiger partial charge on any atom is 0.333 e. The third-order valence-electron chi connectivity index (χ3n) is 5.03. The lowest BCUT2D eigenvalue weighted by molar-refractivity contribution is -0.142. The topological polar surface area (TPSA) is 49.8 Å². The van der Waals surface area contributed by atoms with Gasteiger partial charge in [-0.1, -0.05) is 72.8 Å². The fourth-order valence-electron chi connectivity index (χ4n) is 3.70. The first-order chi connectivity index (χ1) is 13.7. The predicted octanol–water partition coefficient (Wildman–Crippen LogP) is 4.88. The van der Waals surface area contributed by atoms with Crippen molar-refractivity contribution in [2.75, 3.05) is 12.0 Å². The standard InChI is InChI=1S/C24H21NO3/c1-28-24(27)23(19-8-3-2-4-9-19)25-21-10-6-5-7-17(21)13-16-22(25)18-11-14-20(26)15-12-18/h2-16,22-23,26H,1H3/t22-,23+/m1/s1. The van der Waals surface area contributed by atoms with Crippen LogP contribution in [0.3, 0.4) is 0 Å². The van der Waals surface area contributed by atoms with Gasteiger partial charge in [0.25, 0.3) is 0 Å². The molecule has 2 atom stereocenters. The molecule has 0 fully saturated rings. The van der Waals surface area contributed by atoms with Gasteiger partial charge in [0.15, 0.2) is 6.04 Å². The van der Waals surface area contributed by atoms with Crippen LogP contribution in [-0.4, -0.2) is 18.2 Å². The van der Waals surface area contributed by atoms with Crippen molar-refractivity contribution in [3.05, 3.63) is 102 Å². The molecule has 1 N–H and O–H groups in total. The third-order valence-corrected chi connectivity index (χ3v) is 5.03. The van der Waals surface area contributed by atoms with Gasteiger partial charge in [-0.15, -0.1) is 0 Å². The molecule has 0 bridgehead atoms. The summed E-state index contributed by atoms with van der Waals surface area (Å²) in [5.41, 5.74) is 3.85. The molecule has 0 aliphatic carbocycles. The zero-order valence-electron chi connectivity index (χ0n) is 15.5. The first-order valence-corrected chi connectivity index (χ1v) is 9.16. The van der Waals surface area contributed by atoms with Crippen molar-refractivity contribution in [1.29, 1.82) is 0 Å². The molecule has 3 aromatic carbocycles. The van der Waals surface area contributed by atoms with Gasteiger partial charge in [-0.3, -0.25) is 0 Å². The number of esters is 1. The van der Waals surface area contributed by atoms with Gasteiger partial charge in [0.05, 0.1) is 13.2 Å². The zero-order chi connectivity index (χ0) is 19.5. The molecule has 0 saturated heterocycles. The van der Waals surface area contributed by atoms with E-state index in [4.69, 9.17) is 4.74 Å². The van der Waals surface area contributed by atoms with Crippen molar-refractivity contribution in [3.8, 4) is 5.75 Å². The number of aromatic hydroxyl groups is 1. The molecule has 4 heteroatoms. The number of rotatable bonds is 4. The van der Waals surface area contributed by atoms with Crippen LogP contribution < -0.4 is 4.90 Å². The van der Waals surface area contributed by atoms with Crippen molar-refractivity contribution < 1.29 is 14.6 Å². The van der Waals surface area contributed by atoms with Gasteiger partial charge in [-0.2, -0.15) is 0 Å². The van der Waals surface area contributed by atoms with Crippen molar-refractivity contribution in [2.45, 2.75) is 12.1 Å². The Kier molecular flexibility index (Phi) is 4.85. The number of phenolic OH excluding ortho intramolecular Hbond substituents is 1. The molecule has 0 saturated carbocycles. The maximum absolute atomic E-state index is 12.9. The van der Waals surface area contributed by atoms with Crippen LogP contribution in [0.15, 0.2) is 84.9 Å². The monoisotopic (exact) mass is 371 g/mol. The molecule has 3 aromatic rings. The molecule has 1 heterocycles. The smallest absolute Gasteiger partial charge is 0.333 e.